The van der Waals surface area contributed by atoms with Gasteiger partial charge in [0.05, 0.1) is 13.1 Å². The van der Waals surface area contributed by atoms with Gasteiger partial charge in [0.1, 0.15) is 12.2 Å². The number of fused-ring (bicyclic) bond motifs is 1. The summed E-state index contributed by atoms with van der Waals surface area (Å²) >= 11 is 0. The first kappa shape index (κ1) is 21.3. The van der Waals surface area contributed by atoms with Gasteiger partial charge in [-0.25, -0.2) is 5.01 Å². The number of nitrogens with zero attached hydrogens (tertiary/aromatic N) is 4. The van der Waals surface area contributed by atoms with Crippen molar-refractivity contribution < 1.29 is 19.1 Å². The van der Waals surface area contributed by atoms with Crippen LogP contribution in [0.1, 0.15) is 37.8 Å². The van der Waals surface area contributed by atoms with Crippen LogP contribution in [0.25, 0.3) is 0 Å². The predicted molar refractivity (Wildman–Crippen MR) is 107 cm³/mol. The summed E-state index contributed by atoms with van der Waals surface area (Å²) in [5, 5.41) is 3.12. The standard InChI is InChI=1S/C21H30N4O4/c1-3-4-12-29-13-8-11-23-14-18-24(16-26)22(2)15-19(27)25(18)20(21(23)28)17-9-6-5-7-10-17/h5-7,9-10,16,18,20H,3-4,8,11-15H2,1-2H3/t18?,20-/m0/s1. The third kappa shape index (κ3) is 4.59. The first-order valence-corrected chi connectivity index (χ1v) is 10.3. The minimum Gasteiger partial charge on any atom is -0.381 e. The van der Waals surface area contributed by atoms with Crippen LogP contribution in [-0.4, -0.2) is 84.1 Å². The van der Waals surface area contributed by atoms with Crippen LogP contribution >= 0.6 is 0 Å². The smallest absolute Gasteiger partial charge is 0.250 e. The van der Waals surface area contributed by atoms with Gasteiger partial charge in [-0.3, -0.25) is 19.4 Å². The van der Waals surface area contributed by atoms with Gasteiger partial charge in [-0.1, -0.05) is 43.7 Å². The number of unbranched alkanes of at least 4 members (excludes halogenated alkanes) is 1. The zero-order valence-electron chi connectivity index (χ0n) is 17.2. The Morgan fingerprint density at radius 1 is 1.14 bits per heavy atom. The normalized spacial score (nSPS) is 22.8. The molecule has 0 aromatic heterocycles. The van der Waals surface area contributed by atoms with Crippen molar-refractivity contribution in [2.45, 2.75) is 38.4 Å². The molecule has 3 rings (SSSR count). The van der Waals surface area contributed by atoms with Crippen molar-refractivity contribution in [3.63, 3.8) is 0 Å². The van der Waals surface area contributed by atoms with Crippen LogP contribution in [0.5, 0.6) is 0 Å². The molecule has 2 aliphatic rings. The molecule has 2 aliphatic heterocycles. The van der Waals surface area contributed by atoms with E-state index in [2.05, 4.69) is 6.92 Å². The Labute approximate surface area is 172 Å². The minimum atomic E-state index is -0.723. The molecule has 0 aliphatic carbocycles. The lowest BCUT2D eigenvalue weighted by molar-refractivity contribution is -0.197. The number of amides is 3. The summed E-state index contributed by atoms with van der Waals surface area (Å²) in [7, 11) is 1.71. The Bertz CT molecular complexity index is 714. The molecular formula is C21H30N4O4. The van der Waals surface area contributed by atoms with E-state index in [9.17, 15) is 14.4 Å². The predicted octanol–water partition coefficient (Wildman–Crippen LogP) is 1.25. The summed E-state index contributed by atoms with van der Waals surface area (Å²) in [6.07, 6.45) is 3.05. The molecule has 8 heteroatoms. The van der Waals surface area contributed by atoms with Gasteiger partial charge in [-0.15, -0.1) is 0 Å². The molecule has 0 N–H and O–H groups in total. The van der Waals surface area contributed by atoms with Crippen LogP contribution in [0.3, 0.4) is 0 Å². The van der Waals surface area contributed by atoms with Crippen molar-refractivity contribution in [1.82, 2.24) is 19.8 Å². The fraction of sp³-hybridized carbons (Fsp3) is 0.571. The Hall–Kier alpha value is -2.45. The Morgan fingerprint density at radius 3 is 2.55 bits per heavy atom. The molecular weight excluding hydrogens is 372 g/mol. The molecule has 2 fully saturated rings. The van der Waals surface area contributed by atoms with E-state index < -0.39 is 12.2 Å². The molecule has 1 unspecified atom stereocenters. The number of rotatable bonds is 9. The van der Waals surface area contributed by atoms with Crippen LogP contribution in [-0.2, 0) is 19.1 Å². The van der Waals surface area contributed by atoms with Crippen LogP contribution in [0.2, 0.25) is 0 Å². The second-order valence-electron chi connectivity index (χ2n) is 7.50. The zero-order valence-corrected chi connectivity index (χ0v) is 17.2. The maximum absolute atomic E-state index is 13.3. The quantitative estimate of drug-likeness (QED) is 0.459. The number of likely N-dealkylation sites (N-methyl/N-ethyl adjacent to an activating group) is 1. The van der Waals surface area contributed by atoms with Crippen molar-refractivity contribution in [1.29, 1.82) is 0 Å². The van der Waals surface area contributed by atoms with Crippen molar-refractivity contribution >= 4 is 18.2 Å². The van der Waals surface area contributed by atoms with Crippen molar-refractivity contribution in [2.75, 3.05) is 39.9 Å². The average molecular weight is 402 g/mol. The molecule has 0 spiro atoms. The van der Waals surface area contributed by atoms with E-state index in [4.69, 9.17) is 4.74 Å². The molecule has 29 heavy (non-hydrogen) atoms. The second kappa shape index (κ2) is 9.84. The van der Waals surface area contributed by atoms with E-state index in [0.717, 1.165) is 31.4 Å². The van der Waals surface area contributed by atoms with E-state index in [1.165, 1.54) is 5.01 Å². The number of hydrazine groups is 1. The van der Waals surface area contributed by atoms with E-state index in [0.29, 0.717) is 26.1 Å². The Balaban J connectivity index is 1.80. The molecule has 1 aromatic carbocycles. The molecule has 158 valence electrons. The molecule has 2 atom stereocenters. The van der Waals surface area contributed by atoms with Gasteiger partial charge >= 0.3 is 0 Å². The lowest BCUT2D eigenvalue weighted by Crippen LogP contribution is -2.71. The molecule has 0 saturated carbocycles. The van der Waals surface area contributed by atoms with Crippen molar-refractivity contribution in [2.24, 2.45) is 0 Å². The van der Waals surface area contributed by atoms with Gasteiger partial charge in [0, 0.05) is 26.8 Å². The SMILES string of the molecule is CCCCOCCCN1CC2N(C(=O)CN(C)N2C=O)[C@@H](c2ccccc2)C1=O. The highest BCUT2D eigenvalue weighted by Crippen LogP contribution is 2.33. The molecule has 8 nitrogen and oxygen atoms in total. The maximum atomic E-state index is 13.3. The second-order valence-corrected chi connectivity index (χ2v) is 7.50. The topological polar surface area (TPSA) is 73.4 Å². The number of piperazine rings is 1. The fourth-order valence-corrected chi connectivity index (χ4v) is 3.94. The molecule has 0 bridgehead atoms. The van der Waals surface area contributed by atoms with Crippen LogP contribution < -0.4 is 0 Å². The van der Waals surface area contributed by atoms with Gasteiger partial charge < -0.3 is 14.5 Å². The van der Waals surface area contributed by atoms with Crippen molar-refractivity contribution in [3.05, 3.63) is 35.9 Å². The number of carbonyl (C=O) groups excluding carboxylic acids is 3. The van der Waals surface area contributed by atoms with Crippen molar-refractivity contribution in [3.8, 4) is 0 Å². The molecule has 2 heterocycles. The molecule has 2 saturated heterocycles. The highest BCUT2D eigenvalue weighted by Gasteiger charge is 2.49. The van der Waals surface area contributed by atoms with Gasteiger partial charge in [-0.05, 0) is 18.4 Å². The van der Waals surface area contributed by atoms with E-state index in [-0.39, 0.29) is 18.4 Å². The monoisotopic (exact) mass is 402 g/mol. The summed E-state index contributed by atoms with van der Waals surface area (Å²) in [6, 6.07) is 8.58. The molecule has 0 radical (unpaired) electrons. The van der Waals surface area contributed by atoms with Gasteiger partial charge in [-0.2, -0.15) is 0 Å². The first-order chi connectivity index (χ1) is 14.1. The van der Waals surface area contributed by atoms with E-state index in [1.54, 1.807) is 21.9 Å². The summed E-state index contributed by atoms with van der Waals surface area (Å²) in [5.41, 5.74) is 0.759. The lowest BCUT2D eigenvalue weighted by Gasteiger charge is -2.53. The third-order valence-electron chi connectivity index (χ3n) is 5.46. The summed E-state index contributed by atoms with van der Waals surface area (Å²) < 4.78 is 5.62. The van der Waals surface area contributed by atoms with Crippen LogP contribution in [0.4, 0.5) is 0 Å². The van der Waals surface area contributed by atoms with Gasteiger partial charge in [0.2, 0.25) is 18.2 Å². The maximum Gasteiger partial charge on any atom is 0.250 e. The average Bonchev–Trinajstić information content (AvgIpc) is 2.72. The largest absolute Gasteiger partial charge is 0.381 e. The van der Waals surface area contributed by atoms with Gasteiger partial charge in [0.25, 0.3) is 0 Å². The third-order valence-corrected chi connectivity index (χ3v) is 5.46. The molecule has 1 aromatic rings. The van der Waals surface area contributed by atoms with Crippen LogP contribution in [0.15, 0.2) is 30.3 Å². The summed E-state index contributed by atoms with van der Waals surface area (Å²) in [6.45, 7) is 4.33. The number of carbonyl (C=O) groups is 3. The van der Waals surface area contributed by atoms with E-state index >= 15 is 0 Å². The van der Waals surface area contributed by atoms with E-state index in [1.807, 2.05) is 30.3 Å². The highest BCUT2D eigenvalue weighted by molar-refractivity contribution is 5.91. The highest BCUT2D eigenvalue weighted by atomic mass is 16.5. The van der Waals surface area contributed by atoms with Gasteiger partial charge in [0.15, 0.2) is 0 Å². The number of benzene rings is 1. The van der Waals surface area contributed by atoms with Crippen LogP contribution in [0, 0.1) is 0 Å². The Morgan fingerprint density at radius 2 is 1.86 bits per heavy atom. The fourth-order valence-electron chi connectivity index (χ4n) is 3.94. The first-order valence-electron chi connectivity index (χ1n) is 10.3. The number of hydrogen-bond donors (Lipinski definition) is 0. The molecule has 3 amide bonds. The Kier molecular flexibility index (Phi) is 7.22. The summed E-state index contributed by atoms with van der Waals surface area (Å²) in [4.78, 5) is 41.3. The number of ether oxygens (including phenoxy) is 1. The lowest BCUT2D eigenvalue weighted by atomic mass is 9.98. The number of hydrogen-bond acceptors (Lipinski definition) is 5. The minimum absolute atomic E-state index is 0.0666. The summed E-state index contributed by atoms with van der Waals surface area (Å²) in [5.74, 6) is -0.259. The zero-order chi connectivity index (χ0) is 20.8.